The predicted octanol–water partition coefficient (Wildman–Crippen LogP) is 7.48. The molecule has 0 spiro atoms. The van der Waals surface area contributed by atoms with Crippen LogP contribution in [0.1, 0.15) is 75.1 Å². The number of imidazole rings is 2. The Labute approximate surface area is 375 Å². The van der Waals surface area contributed by atoms with E-state index in [9.17, 15) is 24.3 Å². The monoisotopic (exact) mass is 892 g/mol. The molecule has 4 atom stereocenters. The summed E-state index contributed by atoms with van der Waals surface area (Å²) in [6, 6.07) is 18.6. The number of alkyl carbamates (subject to hydrolysis) is 1. The lowest BCUT2D eigenvalue weighted by molar-refractivity contribution is -0.137. The molecule has 17 heteroatoms. The number of likely N-dealkylation sites (tertiary alicyclic amines) is 2. The highest BCUT2D eigenvalue weighted by molar-refractivity contribution is 6.32. The van der Waals surface area contributed by atoms with Gasteiger partial charge in [-0.3, -0.25) is 9.59 Å². The molecule has 0 aliphatic carbocycles. The lowest BCUT2D eigenvalue weighted by Crippen LogP contribution is -2.53. The number of hydrogen-bond donors (Lipinski definition) is 5. The Morgan fingerprint density at radius 1 is 0.719 bits per heavy atom. The minimum absolute atomic E-state index is 0.0371. The fourth-order valence-corrected chi connectivity index (χ4v) is 10.2. The number of methoxy groups -OCH3 is 1. The van der Waals surface area contributed by atoms with Gasteiger partial charge < -0.3 is 49.7 Å². The number of amides is 4. The van der Waals surface area contributed by atoms with Crippen molar-refractivity contribution >= 4 is 46.4 Å². The lowest BCUT2D eigenvalue weighted by Gasteiger charge is -2.34. The van der Waals surface area contributed by atoms with Gasteiger partial charge >= 0.3 is 12.2 Å². The van der Waals surface area contributed by atoms with Crippen LogP contribution in [0, 0.1) is 11.8 Å². The Bertz CT molecular complexity index is 2500. The summed E-state index contributed by atoms with van der Waals surface area (Å²) < 4.78 is 15.9. The number of nitrogens with zero attached hydrogens (tertiary/aromatic N) is 4. The maximum absolute atomic E-state index is 14.0. The molecular weight excluding hydrogens is 840 g/mol. The molecule has 4 aliphatic rings. The minimum Gasteiger partial charge on any atom is -0.465 e. The molecule has 16 nitrogen and oxygen atoms in total. The molecule has 336 valence electrons. The van der Waals surface area contributed by atoms with Gasteiger partial charge in [-0.2, -0.15) is 0 Å². The first-order valence-electron chi connectivity index (χ1n) is 22.2. The van der Waals surface area contributed by atoms with E-state index >= 15 is 0 Å². The maximum atomic E-state index is 14.0. The molecule has 4 amide bonds. The van der Waals surface area contributed by atoms with E-state index in [4.69, 9.17) is 35.8 Å². The van der Waals surface area contributed by atoms with Crippen molar-refractivity contribution in [2.24, 2.45) is 11.8 Å². The summed E-state index contributed by atoms with van der Waals surface area (Å²) in [6.45, 7) is 3.19. The molecular formula is C47H53ClN8O8. The van der Waals surface area contributed by atoms with Crippen LogP contribution in [0.4, 0.5) is 9.59 Å². The van der Waals surface area contributed by atoms with E-state index in [0.29, 0.717) is 88.3 Å². The van der Waals surface area contributed by atoms with Crippen LogP contribution in [0.15, 0.2) is 66.9 Å². The van der Waals surface area contributed by atoms with E-state index in [-0.39, 0.29) is 35.7 Å². The van der Waals surface area contributed by atoms with Crippen molar-refractivity contribution < 1.29 is 38.5 Å². The van der Waals surface area contributed by atoms with Crippen molar-refractivity contribution in [1.29, 1.82) is 0 Å². The van der Waals surface area contributed by atoms with Crippen molar-refractivity contribution in [2.45, 2.75) is 75.5 Å². The molecule has 0 bridgehead atoms. The number of aromatic nitrogens is 4. The molecule has 4 aliphatic heterocycles. The fraction of sp³-hybridized carbons (Fsp3) is 0.447. The van der Waals surface area contributed by atoms with Crippen LogP contribution in [0.25, 0.3) is 44.4 Å². The largest absolute Gasteiger partial charge is 0.465 e. The second-order valence-electron chi connectivity index (χ2n) is 17.1. The molecule has 4 fully saturated rings. The van der Waals surface area contributed by atoms with E-state index in [1.54, 1.807) is 4.90 Å². The van der Waals surface area contributed by atoms with Gasteiger partial charge in [-0.15, -0.1) is 0 Å². The second kappa shape index (κ2) is 19.0. The number of carbonyl (C=O) groups is 4. The molecule has 4 saturated heterocycles. The van der Waals surface area contributed by atoms with Gasteiger partial charge in [-0.25, -0.2) is 19.6 Å². The van der Waals surface area contributed by atoms with E-state index in [1.807, 2.05) is 35.4 Å². The predicted molar refractivity (Wildman–Crippen MR) is 238 cm³/mol. The fourth-order valence-electron chi connectivity index (χ4n) is 9.95. The number of benzene rings is 3. The zero-order valence-electron chi connectivity index (χ0n) is 35.7. The highest BCUT2D eigenvalue weighted by Crippen LogP contribution is 2.38. The van der Waals surface area contributed by atoms with E-state index in [0.717, 1.165) is 63.8 Å². The number of halogens is 1. The summed E-state index contributed by atoms with van der Waals surface area (Å²) in [5, 5.41) is 17.4. The normalized spacial score (nSPS) is 20.6. The summed E-state index contributed by atoms with van der Waals surface area (Å²) in [4.78, 5) is 71.8. The Kier molecular flexibility index (Phi) is 12.9. The van der Waals surface area contributed by atoms with Crippen LogP contribution in [0.5, 0.6) is 0 Å². The van der Waals surface area contributed by atoms with Crippen LogP contribution in [0.2, 0.25) is 5.15 Å². The molecule has 9 rings (SSSR count). The molecule has 5 aromatic rings. The van der Waals surface area contributed by atoms with Crippen LogP contribution in [-0.2, 0) is 23.8 Å². The topological polar surface area (TPSA) is 204 Å². The first-order chi connectivity index (χ1) is 31.1. The first-order valence-corrected chi connectivity index (χ1v) is 22.6. The quantitative estimate of drug-likeness (QED) is 0.0885. The number of ether oxygens (including phenoxy) is 3. The molecule has 0 radical (unpaired) electrons. The van der Waals surface area contributed by atoms with Crippen molar-refractivity contribution in [3.05, 3.63) is 83.7 Å². The zero-order chi connectivity index (χ0) is 44.3. The van der Waals surface area contributed by atoms with E-state index < -0.39 is 24.3 Å². The third kappa shape index (κ3) is 9.04. The first kappa shape index (κ1) is 43.3. The number of carbonyl (C=O) groups excluding carboxylic acids is 3. The van der Waals surface area contributed by atoms with Crippen molar-refractivity contribution in [3.8, 4) is 33.6 Å². The Hall–Kier alpha value is -5.97. The van der Waals surface area contributed by atoms with Crippen molar-refractivity contribution in [3.63, 3.8) is 0 Å². The summed E-state index contributed by atoms with van der Waals surface area (Å²) in [5.74, 6) is 0.756. The van der Waals surface area contributed by atoms with Gasteiger partial charge in [0.1, 0.15) is 34.6 Å². The zero-order valence-corrected chi connectivity index (χ0v) is 36.4. The van der Waals surface area contributed by atoms with Crippen molar-refractivity contribution in [1.82, 2.24) is 40.4 Å². The van der Waals surface area contributed by atoms with Crippen LogP contribution < -0.4 is 10.6 Å². The van der Waals surface area contributed by atoms with Gasteiger partial charge in [0, 0.05) is 50.6 Å². The number of fused-ring (bicyclic) bond motifs is 1. The van der Waals surface area contributed by atoms with Gasteiger partial charge in [0.05, 0.1) is 31.1 Å². The second-order valence-corrected chi connectivity index (χ2v) is 17.5. The van der Waals surface area contributed by atoms with Gasteiger partial charge in [0.25, 0.3) is 0 Å². The summed E-state index contributed by atoms with van der Waals surface area (Å²) in [5.41, 5.74) is 5.31. The number of rotatable bonds is 11. The number of hydrogen-bond acceptors (Lipinski definition) is 9. The van der Waals surface area contributed by atoms with Crippen molar-refractivity contribution in [2.75, 3.05) is 46.6 Å². The molecule has 5 N–H and O–H groups in total. The smallest absolute Gasteiger partial charge is 0.407 e. The molecule has 3 aromatic carbocycles. The number of carboxylic acid groups (broad SMARTS) is 1. The maximum Gasteiger partial charge on any atom is 0.407 e. The van der Waals surface area contributed by atoms with E-state index in [2.05, 4.69) is 57.0 Å². The lowest BCUT2D eigenvalue weighted by atomic mass is 9.90. The Balaban J connectivity index is 0.875. The number of H-pyrrole nitrogens is 2. The summed E-state index contributed by atoms with van der Waals surface area (Å²) in [6.07, 6.45) is 5.63. The average Bonchev–Trinajstić information content (AvgIpc) is 4.17. The van der Waals surface area contributed by atoms with Gasteiger partial charge in [-0.05, 0) is 97.2 Å². The summed E-state index contributed by atoms with van der Waals surface area (Å²) in [7, 11) is 1.30. The number of nitrogens with one attached hydrogen (secondary N) is 4. The average molecular weight is 893 g/mol. The van der Waals surface area contributed by atoms with Crippen LogP contribution >= 0.6 is 11.6 Å². The molecule has 0 unspecified atom stereocenters. The molecule has 6 heterocycles. The SMILES string of the molecule is COC(=O)N[C@H](C(=O)N1CCC[C@H]1c1ncc(-c2ccc3cc(-c4ccc(-c5nc([C@@H]6CCCN6C(=O)[C@@H](NC(=O)O)C6CCOCC6)[nH]c5Cl)cc4)ccc3c2)[nH]1)C1CCOCC1. The summed E-state index contributed by atoms with van der Waals surface area (Å²) >= 11 is 6.76. The van der Waals surface area contributed by atoms with Gasteiger partial charge in [0.15, 0.2) is 0 Å². The molecule has 64 heavy (non-hydrogen) atoms. The van der Waals surface area contributed by atoms with Crippen LogP contribution in [-0.4, -0.2) is 118 Å². The minimum atomic E-state index is -1.22. The van der Waals surface area contributed by atoms with E-state index in [1.165, 1.54) is 7.11 Å². The van der Waals surface area contributed by atoms with Gasteiger partial charge in [0.2, 0.25) is 11.8 Å². The molecule has 0 saturated carbocycles. The number of aromatic amines is 2. The third-order valence-corrected chi connectivity index (χ3v) is 13.6. The Morgan fingerprint density at radius 2 is 1.25 bits per heavy atom. The highest BCUT2D eigenvalue weighted by Gasteiger charge is 2.42. The highest BCUT2D eigenvalue weighted by atomic mass is 35.5. The standard InChI is InChI=1S/C47H53ClN8O8/c1-62-47(61)53-40(30-16-22-64-23-17-30)45(58)55-18-2-4-36(55)42-49-26-35(50-42)34-13-12-32-24-31(10-11-33(32)25-34)27-6-8-28(9-7-27)38-41(48)54-43(51-38)37-5-3-19-56(37)44(57)39(52-46(59)60)29-14-20-63-21-15-29/h6-13,24-26,29-30,36-37,39-40,52H,2-5,14-23H2,1H3,(H,49,50)(H,51,54)(H,53,61)(H,59,60)/t36-,37-,39-,40-/m0/s1. The Morgan fingerprint density at radius 3 is 1.84 bits per heavy atom. The third-order valence-electron chi connectivity index (χ3n) is 13.4. The van der Waals surface area contributed by atoms with Crippen LogP contribution in [0.3, 0.4) is 0 Å². The van der Waals surface area contributed by atoms with Gasteiger partial charge in [-0.1, -0.05) is 60.1 Å². The molecule has 2 aromatic heterocycles.